The first-order valence-corrected chi connectivity index (χ1v) is 7.21. The number of hydrogen-bond donors (Lipinski definition) is 1. The van der Waals surface area contributed by atoms with Crippen molar-refractivity contribution in [2.75, 3.05) is 6.54 Å². The number of benzene rings is 2. The third-order valence-electron chi connectivity index (χ3n) is 3.20. The number of rotatable bonds is 6. The fraction of sp³-hybridized carbons (Fsp3) is 0.133. The number of nitro groups is 2. The molecule has 2 rings (SSSR count). The number of carbonyl (C=O) groups excluding carboxylic acids is 1. The predicted octanol–water partition coefficient (Wildman–Crippen LogP) is 3.13. The van der Waals surface area contributed by atoms with Crippen molar-refractivity contribution in [3.05, 3.63) is 78.8 Å². The van der Waals surface area contributed by atoms with Gasteiger partial charge in [0.1, 0.15) is 0 Å². The van der Waals surface area contributed by atoms with E-state index in [9.17, 15) is 25.0 Å². The molecule has 0 saturated heterocycles. The summed E-state index contributed by atoms with van der Waals surface area (Å²) in [5.74, 6) is -0.615. The van der Waals surface area contributed by atoms with E-state index in [0.29, 0.717) is 11.4 Å². The van der Waals surface area contributed by atoms with Crippen LogP contribution in [0.2, 0.25) is 5.02 Å². The maximum Gasteiger partial charge on any atom is 0.277 e. The molecule has 0 aromatic heterocycles. The molecule has 0 aliphatic carbocycles. The lowest BCUT2D eigenvalue weighted by molar-refractivity contribution is -0.394. The Morgan fingerprint density at radius 3 is 2.04 bits per heavy atom. The zero-order valence-corrected chi connectivity index (χ0v) is 13.0. The topological polar surface area (TPSA) is 115 Å². The summed E-state index contributed by atoms with van der Waals surface area (Å²) in [6, 6.07) is 9.89. The van der Waals surface area contributed by atoms with E-state index in [1.54, 1.807) is 12.1 Å². The van der Waals surface area contributed by atoms with Crippen LogP contribution in [-0.4, -0.2) is 22.3 Å². The first-order chi connectivity index (χ1) is 11.4. The molecule has 0 radical (unpaired) electrons. The fourth-order valence-electron chi connectivity index (χ4n) is 2.01. The van der Waals surface area contributed by atoms with Crippen LogP contribution < -0.4 is 5.32 Å². The Balaban J connectivity index is 2.07. The summed E-state index contributed by atoms with van der Waals surface area (Å²) in [4.78, 5) is 32.1. The van der Waals surface area contributed by atoms with Crippen LogP contribution in [0.4, 0.5) is 11.4 Å². The molecule has 9 heteroatoms. The number of halogens is 1. The van der Waals surface area contributed by atoms with E-state index in [1.807, 2.05) is 12.1 Å². The summed E-state index contributed by atoms with van der Waals surface area (Å²) in [5, 5.41) is 24.8. The van der Waals surface area contributed by atoms with Crippen molar-refractivity contribution < 1.29 is 14.6 Å². The largest absolute Gasteiger partial charge is 0.352 e. The molecule has 0 heterocycles. The van der Waals surface area contributed by atoms with Gasteiger partial charge in [-0.25, -0.2) is 0 Å². The van der Waals surface area contributed by atoms with Crippen molar-refractivity contribution in [2.45, 2.75) is 6.42 Å². The number of nitrogens with zero attached hydrogens (tertiary/aromatic N) is 2. The second kappa shape index (κ2) is 7.51. The first kappa shape index (κ1) is 17.4. The van der Waals surface area contributed by atoms with Crippen molar-refractivity contribution in [1.82, 2.24) is 5.32 Å². The molecular formula is C15H12ClN3O5. The third-order valence-corrected chi connectivity index (χ3v) is 3.45. The fourth-order valence-corrected chi connectivity index (χ4v) is 2.14. The average molecular weight is 350 g/mol. The maximum atomic E-state index is 12.1. The lowest BCUT2D eigenvalue weighted by Gasteiger charge is -2.06. The van der Waals surface area contributed by atoms with Crippen molar-refractivity contribution >= 4 is 28.9 Å². The lowest BCUT2D eigenvalue weighted by Crippen LogP contribution is -2.25. The van der Waals surface area contributed by atoms with Crippen molar-refractivity contribution in [3.8, 4) is 0 Å². The van der Waals surface area contributed by atoms with Gasteiger partial charge in [0.05, 0.1) is 21.5 Å². The van der Waals surface area contributed by atoms with E-state index >= 15 is 0 Å². The minimum absolute atomic E-state index is 0.132. The van der Waals surface area contributed by atoms with Crippen molar-refractivity contribution in [1.29, 1.82) is 0 Å². The number of hydrogen-bond acceptors (Lipinski definition) is 5. The van der Waals surface area contributed by atoms with E-state index in [-0.39, 0.29) is 12.1 Å². The quantitative estimate of drug-likeness (QED) is 0.635. The molecule has 0 bridgehead atoms. The van der Waals surface area contributed by atoms with Gasteiger partial charge in [-0.1, -0.05) is 23.7 Å². The SMILES string of the molecule is O=C(NCCc1ccc(Cl)cc1)c1cc([N+](=O)[O-])cc([N+](=O)[O-])c1. The number of nitro benzene ring substituents is 2. The molecule has 0 spiro atoms. The highest BCUT2D eigenvalue weighted by Gasteiger charge is 2.19. The van der Waals surface area contributed by atoms with Gasteiger partial charge in [-0.3, -0.25) is 25.0 Å². The van der Waals surface area contributed by atoms with Gasteiger partial charge in [0.25, 0.3) is 17.3 Å². The second-order valence-electron chi connectivity index (χ2n) is 4.88. The molecule has 24 heavy (non-hydrogen) atoms. The van der Waals surface area contributed by atoms with Crippen LogP contribution in [-0.2, 0) is 6.42 Å². The number of nitrogens with one attached hydrogen (secondary N) is 1. The summed E-state index contributed by atoms with van der Waals surface area (Å²) >= 11 is 5.78. The van der Waals surface area contributed by atoms with Crippen LogP contribution in [0.3, 0.4) is 0 Å². The van der Waals surface area contributed by atoms with E-state index in [4.69, 9.17) is 11.6 Å². The molecule has 0 aliphatic rings. The zero-order valence-electron chi connectivity index (χ0n) is 12.3. The highest BCUT2D eigenvalue weighted by molar-refractivity contribution is 6.30. The summed E-state index contributed by atoms with van der Waals surface area (Å²) in [7, 11) is 0. The summed E-state index contributed by atoms with van der Waals surface area (Å²) in [6.07, 6.45) is 0.528. The molecule has 1 amide bonds. The predicted molar refractivity (Wildman–Crippen MR) is 87.2 cm³/mol. The number of amides is 1. The van der Waals surface area contributed by atoms with Crippen LogP contribution in [0, 0.1) is 20.2 Å². The number of non-ortho nitro benzene ring substituents is 2. The van der Waals surface area contributed by atoms with Gasteiger partial charge in [-0.15, -0.1) is 0 Å². The Morgan fingerprint density at radius 2 is 1.54 bits per heavy atom. The smallest absolute Gasteiger partial charge is 0.277 e. The van der Waals surface area contributed by atoms with Gasteiger partial charge >= 0.3 is 0 Å². The molecule has 2 aromatic carbocycles. The monoisotopic (exact) mass is 349 g/mol. The van der Waals surface area contributed by atoms with Gasteiger partial charge in [-0.05, 0) is 24.1 Å². The van der Waals surface area contributed by atoms with Crippen molar-refractivity contribution in [3.63, 3.8) is 0 Å². The molecule has 0 atom stereocenters. The van der Waals surface area contributed by atoms with E-state index in [1.165, 1.54) is 0 Å². The van der Waals surface area contributed by atoms with Gasteiger partial charge < -0.3 is 5.32 Å². The Kier molecular flexibility index (Phi) is 5.43. The average Bonchev–Trinajstić information content (AvgIpc) is 2.56. The highest BCUT2D eigenvalue weighted by atomic mass is 35.5. The maximum absolute atomic E-state index is 12.1. The molecular weight excluding hydrogens is 338 g/mol. The van der Waals surface area contributed by atoms with E-state index in [2.05, 4.69) is 5.32 Å². The van der Waals surface area contributed by atoms with Gasteiger partial charge in [-0.2, -0.15) is 0 Å². The van der Waals surface area contributed by atoms with Gasteiger partial charge in [0.15, 0.2) is 0 Å². The summed E-state index contributed by atoms with van der Waals surface area (Å²) < 4.78 is 0. The third kappa shape index (κ3) is 4.50. The molecule has 0 unspecified atom stereocenters. The Bertz CT molecular complexity index is 760. The standard InChI is InChI=1S/C15H12ClN3O5/c16-12-3-1-10(2-4-12)5-6-17-15(20)11-7-13(18(21)22)9-14(8-11)19(23)24/h1-4,7-9H,5-6H2,(H,17,20). The zero-order chi connectivity index (χ0) is 17.7. The Morgan fingerprint density at radius 1 is 1.00 bits per heavy atom. The molecule has 0 aliphatic heterocycles. The molecule has 8 nitrogen and oxygen atoms in total. The molecule has 2 aromatic rings. The molecule has 0 saturated carbocycles. The normalized spacial score (nSPS) is 10.2. The van der Waals surface area contributed by atoms with Gasteiger partial charge in [0, 0.05) is 23.7 Å². The summed E-state index contributed by atoms with van der Waals surface area (Å²) in [5.41, 5.74) is -0.198. The Hall–Kier alpha value is -3.00. The van der Waals surface area contributed by atoms with Crippen LogP contribution in [0.5, 0.6) is 0 Å². The minimum Gasteiger partial charge on any atom is -0.352 e. The lowest BCUT2D eigenvalue weighted by atomic mass is 10.1. The van der Waals surface area contributed by atoms with Crippen LogP contribution >= 0.6 is 11.6 Å². The van der Waals surface area contributed by atoms with Crippen LogP contribution in [0.15, 0.2) is 42.5 Å². The van der Waals surface area contributed by atoms with E-state index < -0.39 is 27.1 Å². The first-order valence-electron chi connectivity index (χ1n) is 6.83. The minimum atomic E-state index is -0.780. The highest BCUT2D eigenvalue weighted by Crippen LogP contribution is 2.22. The van der Waals surface area contributed by atoms with Crippen molar-refractivity contribution in [2.24, 2.45) is 0 Å². The molecule has 124 valence electrons. The molecule has 0 fully saturated rings. The summed E-state index contributed by atoms with van der Waals surface area (Å²) in [6.45, 7) is 0.275. The number of carbonyl (C=O) groups is 1. The Labute approximate surface area is 141 Å². The molecule has 1 N–H and O–H groups in total. The van der Waals surface area contributed by atoms with Crippen LogP contribution in [0.25, 0.3) is 0 Å². The van der Waals surface area contributed by atoms with Gasteiger partial charge in [0.2, 0.25) is 0 Å². The van der Waals surface area contributed by atoms with Crippen LogP contribution in [0.1, 0.15) is 15.9 Å². The second-order valence-corrected chi connectivity index (χ2v) is 5.32. The van der Waals surface area contributed by atoms with E-state index in [0.717, 1.165) is 23.8 Å².